The number of nitrogens with zero attached hydrogens (tertiary/aromatic N) is 1. The molecule has 0 radical (unpaired) electrons. The van der Waals surface area contributed by atoms with Crippen LogP contribution in [0.5, 0.6) is 11.5 Å². The van der Waals surface area contributed by atoms with Gasteiger partial charge in [0.1, 0.15) is 11.5 Å². The average molecular weight is 235 g/mol. The van der Waals surface area contributed by atoms with Gasteiger partial charge in [0.2, 0.25) is 0 Å². The van der Waals surface area contributed by atoms with Gasteiger partial charge in [-0.3, -0.25) is 0 Å². The number of ether oxygens (including phenoxy) is 2. The SMILES string of the molecule is COc1ccc(OC)c(N2[C@H](C)CC[C@@H]2C)c1. The van der Waals surface area contributed by atoms with Crippen molar-refractivity contribution >= 4 is 5.69 Å². The minimum Gasteiger partial charge on any atom is -0.497 e. The summed E-state index contributed by atoms with van der Waals surface area (Å²) in [5.41, 5.74) is 1.14. The number of methoxy groups -OCH3 is 2. The highest BCUT2D eigenvalue weighted by Crippen LogP contribution is 2.38. The lowest BCUT2D eigenvalue weighted by atomic mass is 10.2. The number of hydrogen-bond acceptors (Lipinski definition) is 3. The molecule has 1 aliphatic rings. The topological polar surface area (TPSA) is 21.7 Å². The van der Waals surface area contributed by atoms with Gasteiger partial charge in [0, 0.05) is 18.2 Å². The van der Waals surface area contributed by atoms with Gasteiger partial charge in [-0.05, 0) is 38.8 Å². The summed E-state index contributed by atoms with van der Waals surface area (Å²) in [6.07, 6.45) is 2.48. The lowest BCUT2D eigenvalue weighted by Crippen LogP contribution is -2.32. The molecule has 0 aliphatic carbocycles. The molecule has 1 fully saturated rings. The van der Waals surface area contributed by atoms with Crippen LogP contribution in [0.2, 0.25) is 0 Å². The van der Waals surface area contributed by atoms with Crippen molar-refractivity contribution in [1.29, 1.82) is 0 Å². The Balaban J connectivity index is 2.41. The maximum Gasteiger partial charge on any atom is 0.142 e. The van der Waals surface area contributed by atoms with Crippen molar-refractivity contribution in [2.75, 3.05) is 19.1 Å². The molecule has 94 valence electrons. The van der Waals surface area contributed by atoms with E-state index in [0.29, 0.717) is 12.1 Å². The van der Waals surface area contributed by atoms with Crippen molar-refractivity contribution in [3.8, 4) is 11.5 Å². The Kier molecular flexibility index (Phi) is 3.46. The van der Waals surface area contributed by atoms with E-state index in [2.05, 4.69) is 24.8 Å². The van der Waals surface area contributed by atoms with Crippen LogP contribution in [0.1, 0.15) is 26.7 Å². The van der Waals surface area contributed by atoms with Gasteiger partial charge in [-0.15, -0.1) is 0 Å². The van der Waals surface area contributed by atoms with E-state index in [0.717, 1.165) is 17.2 Å². The standard InChI is InChI=1S/C14H21NO2/c1-10-5-6-11(2)15(10)13-9-12(16-3)7-8-14(13)17-4/h7-11H,5-6H2,1-4H3/t10-,11+. The fourth-order valence-electron chi connectivity index (χ4n) is 2.67. The van der Waals surface area contributed by atoms with Crippen LogP contribution in [0.4, 0.5) is 5.69 Å². The highest BCUT2D eigenvalue weighted by Gasteiger charge is 2.29. The van der Waals surface area contributed by atoms with Crippen molar-refractivity contribution in [3.63, 3.8) is 0 Å². The Bertz CT molecular complexity index is 382. The fourth-order valence-corrected chi connectivity index (χ4v) is 2.67. The summed E-state index contributed by atoms with van der Waals surface area (Å²) in [7, 11) is 3.42. The molecule has 1 aromatic rings. The zero-order valence-electron chi connectivity index (χ0n) is 11.1. The number of anilines is 1. The summed E-state index contributed by atoms with van der Waals surface area (Å²) in [5.74, 6) is 1.80. The Labute approximate surface area is 103 Å². The van der Waals surface area contributed by atoms with Crippen LogP contribution in [0.25, 0.3) is 0 Å². The van der Waals surface area contributed by atoms with Crippen LogP contribution in [0.3, 0.4) is 0 Å². The molecule has 0 amide bonds. The van der Waals surface area contributed by atoms with Crippen LogP contribution in [0, 0.1) is 0 Å². The molecule has 3 heteroatoms. The van der Waals surface area contributed by atoms with Gasteiger partial charge in [0.15, 0.2) is 0 Å². The smallest absolute Gasteiger partial charge is 0.142 e. The van der Waals surface area contributed by atoms with E-state index in [9.17, 15) is 0 Å². The first-order chi connectivity index (χ1) is 8.17. The largest absolute Gasteiger partial charge is 0.497 e. The van der Waals surface area contributed by atoms with Crippen LogP contribution in [0.15, 0.2) is 18.2 Å². The molecule has 3 nitrogen and oxygen atoms in total. The Morgan fingerprint density at radius 2 is 1.71 bits per heavy atom. The molecule has 2 rings (SSSR count). The molecule has 1 aromatic carbocycles. The predicted molar refractivity (Wildman–Crippen MR) is 70.2 cm³/mol. The predicted octanol–water partition coefficient (Wildman–Crippen LogP) is 3.08. The van der Waals surface area contributed by atoms with Crippen LogP contribution >= 0.6 is 0 Å². The molecule has 0 saturated carbocycles. The molecule has 2 atom stereocenters. The summed E-state index contributed by atoms with van der Waals surface area (Å²) >= 11 is 0. The monoisotopic (exact) mass is 235 g/mol. The Hall–Kier alpha value is -1.38. The van der Waals surface area contributed by atoms with E-state index in [4.69, 9.17) is 9.47 Å². The normalized spacial score (nSPS) is 23.9. The maximum atomic E-state index is 5.46. The number of benzene rings is 1. The van der Waals surface area contributed by atoms with E-state index in [1.54, 1.807) is 14.2 Å². The minimum atomic E-state index is 0.561. The van der Waals surface area contributed by atoms with Crippen molar-refractivity contribution < 1.29 is 9.47 Å². The van der Waals surface area contributed by atoms with Gasteiger partial charge in [-0.25, -0.2) is 0 Å². The first-order valence-corrected chi connectivity index (χ1v) is 6.17. The van der Waals surface area contributed by atoms with E-state index in [-0.39, 0.29) is 0 Å². The number of hydrogen-bond donors (Lipinski definition) is 0. The van der Waals surface area contributed by atoms with Crippen molar-refractivity contribution in [3.05, 3.63) is 18.2 Å². The molecule has 1 aliphatic heterocycles. The van der Waals surface area contributed by atoms with E-state index < -0.39 is 0 Å². The third kappa shape index (κ3) is 2.19. The second kappa shape index (κ2) is 4.86. The van der Waals surface area contributed by atoms with E-state index in [1.165, 1.54) is 12.8 Å². The quantitative estimate of drug-likeness (QED) is 0.803. The summed E-state index contributed by atoms with van der Waals surface area (Å²) in [6, 6.07) is 7.11. The second-order valence-corrected chi connectivity index (χ2v) is 4.72. The molecule has 1 heterocycles. The van der Waals surface area contributed by atoms with Gasteiger partial charge in [0.05, 0.1) is 19.9 Å². The highest BCUT2D eigenvalue weighted by atomic mass is 16.5. The molecule has 17 heavy (non-hydrogen) atoms. The summed E-state index contributed by atoms with van der Waals surface area (Å²) in [5, 5.41) is 0. The lowest BCUT2D eigenvalue weighted by molar-refractivity contribution is 0.402. The summed E-state index contributed by atoms with van der Waals surface area (Å²) in [6.45, 7) is 4.53. The minimum absolute atomic E-state index is 0.561. The molecule has 0 bridgehead atoms. The molecule has 1 saturated heterocycles. The summed E-state index contributed by atoms with van der Waals surface area (Å²) in [4.78, 5) is 2.43. The Morgan fingerprint density at radius 1 is 1.06 bits per heavy atom. The molecular formula is C14H21NO2. The zero-order valence-corrected chi connectivity index (χ0v) is 11.1. The molecule has 0 aromatic heterocycles. The van der Waals surface area contributed by atoms with Gasteiger partial charge < -0.3 is 14.4 Å². The summed E-state index contributed by atoms with van der Waals surface area (Å²) < 4.78 is 10.8. The molecule has 0 unspecified atom stereocenters. The van der Waals surface area contributed by atoms with Gasteiger partial charge in [0.25, 0.3) is 0 Å². The van der Waals surface area contributed by atoms with E-state index >= 15 is 0 Å². The van der Waals surface area contributed by atoms with Crippen LogP contribution < -0.4 is 14.4 Å². The van der Waals surface area contributed by atoms with Crippen LogP contribution in [-0.2, 0) is 0 Å². The van der Waals surface area contributed by atoms with Gasteiger partial charge >= 0.3 is 0 Å². The number of rotatable bonds is 3. The average Bonchev–Trinajstić information content (AvgIpc) is 2.68. The third-order valence-electron chi connectivity index (χ3n) is 3.62. The fraction of sp³-hybridized carbons (Fsp3) is 0.571. The van der Waals surface area contributed by atoms with Crippen molar-refractivity contribution in [2.24, 2.45) is 0 Å². The first kappa shape index (κ1) is 12.1. The third-order valence-corrected chi connectivity index (χ3v) is 3.62. The molecular weight excluding hydrogens is 214 g/mol. The first-order valence-electron chi connectivity index (χ1n) is 6.17. The lowest BCUT2D eigenvalue weighted by Gasteiger charge is -2.30. The van der Waals surface area contributed by atoms with Gasteiger partial charge in [-0.1, -0.05) is 0 Å². The Morgan fingerprint density at radius 3 is 2.24 bits per heavy atom. The molecule has 0 spiro atoms. The van der Waals surface area contributed by atoms with Crippen LogP contribution in [-0.4, -0.2) is 26.3 Å². The van der Waals surface area contributed by atoms with E-state index in [1.807, 2.05) is 12.1 Å². The van der Waals surface area contributed by atoms with Crippen molar-refractivity contribution in [2.45, 2.75) is 38.8 Å². The van der Waals surface area contributed by atoms with Crippen molar-refractivity contribution in [1.82, 2.24) is 0 Å². The van der Waals surface area contributed by atoms with Gasteiger partial charge in [-0.2, -0.15) is 0 Å². The molecule has 0 N–H and O–H groups in total. The highest BCUT2D eigenvalue weighted by molar-refractivity contribution is 5.63. The zero-order chi connectivity index (χ0) is 12.4. The second-order valence-electron chi connectivity index (χ2n) is 4.72. The maximum absolute atomic E-state index is 5.46.